The number of nitrogens with one attached hydrogen (secondary N) is 1. The minimum atomic E-state index is -0.534. The van der Waals surface area contributed by atoms with Crippen molar-refractivity contribution < 1.29 is 14.3 Å². The van der Waals surface area contributed by atoms with Crippen molar-refractivity contribution >= 4 is 16.7 Å². The number of carbonyl (C=O) groups excluding carboxylic acids is 1. The summed E-state index contributed by atoms with van der Waals surface area (Å²) in [5.41, 5.74) is 2.84. The van der Waals surface area contributed by atoms with E-state index in [1.807, 2.05) is 67.8 Å². The first kappa shape index (κ1) is 23.1. The molecule has 8 nitrogen and oxygen atoms in total. The molecule has 176 valence electrons. The summed E-state index contributed by atoms with van der Waals surface area (Å²) in [5.74, 6) is 1.18. The highest BCUT2D eigenvalue weighted by molar-refractivity contribution is 5.89. The number of amides is 1. The molecule has 0 saturated carbocycles. The summed E-state index contributed by atoms with van der Waals surface area (Å²) >= 11 is 0. The highest BCUT2D eigenvalue weighted by Crippen LogP contribution is 2.27. The topological polar surface area (TPSA) is 87.4 Å². The van der Waals surface area contributed by atoms with E-state index in [1.165, 1.54) is 4.68 Å². The van der Waals surface area contributed by atoms with Crippen LogP contribution in [0.15, 0.2) is 59.5 Å². The van der Waals surface area contributed by atoms with Gasteiger partial charge in [-0.2, -0.15) is 9.78 Å². The van der Waals surface area contributed by atoms with E-state index in [0.717, 1.165) is 22.3 Å². The van der Waals surface area contributed by atoms with Gasteiger partial charge in [0.25, 0.3) is 5.56 Å². The SMILES string of the molecule is COc1ccc(OC)c(CNC(=O)C(C)n2c(C)c3cnn(-c4ccccc4)c(=O)c3c2C)c1. The lowest BCUT2D eigenvalue weighted by Gasteiger charge is -2.19. The number of nitrogens with zero attached hydrogens (tertiary/aromatic N) is 3. The molecule has 1 amide bonds. The summed E-state index contributed by atoms with van der Waals surface area (Å²) in [6, 6.07) is 14.2. The van der Waals surface area contributed by atoms with Crippen LogP contribution in [0.2, 0.25) is 0 Å². The van der Waals surface area contributed by atoms with Gasteiger partial charge in [0.05, 0.1) is 31.5 Å². The number of hydrogen-bond donors (Lipinski definition) is 1. The highest BCUT2D eigenvalue weighted by Gasteiger charge is 2.24. The number of benzene rings is 2. The first-order chi connectivity index (χ1) is 16.4. The van der Waals surface area contributed by atoms with Crippen molar-refractivity contribution in [2.45, 2.75) is 33.4 Å². The monoisotopic (exact) mass is 460 g/mol. The lowest BCUT2D eigenvalue weighted by atomic mass is 10.1. The molecular weight excluding hydrogens is 432 g/mol. The van der Waals surface area contributed by atoms with Crippen LogP contribution < -0.4 is 20.3 Å². The number of rotatable bonds is 7. The maximum Gasteiger partial charge on any atom is 0.281 e. The van der Waals surface area contributed by atoms with E-state index in [-0.39, 0.29) is 18.0 Å². The van der Waals surface area contributed by atoms with Gasteiger partial charge >= 0.3 is 0 Å². The highest BCUT2D eigenvalue weighted by atomic mass is 16.5. The molecule has 2 aromatic carbocycles. The van der Waals surface area contributed by atoms with Gasteiger partial charge in [-0.1, -0.05) is 18.2 Å². The van der Waals surface area contributed by atoms with Crippen molar-refractivity contribution in [3.63, 3.8) is 0 Å². The van der Waals surface area contributed by atoms with E-state index in [1.54, 1.807) is 26.5 Å². The van der Waals surface area contributed by atoms with Crippen LogP contribution in [0.3, 0.4) is 0 Å². The Hall–Kier alpha value is -4.07. The second-order valence-corrected chi connectivity index (χ2v) is 8.10. The Bertz CT molecular complexity index is 1410. The van der Waals surface area contributed by atoms with Gasteiger partial charge in [0, 0.05) is 28.9 Å². The second-order valence-electron chi connectivity index (χ2n) is 8.10. The largest absolute Gasteiger partial charge is 0.497 e. The lowest BCUT2D eigenvalue weighted by molar-refractivity contribution is -0.124. The smallest absolute Gasteiger partial charge is 0.281 e. The van der Waals surface area contributed by atoms with Crippen molar-refractivity contribution in [2.75, 3.05) is 14.2 Å². The van der Waals surface area contributed by atoms with Gasteiger partial charge in [-0.3, -0.25) is 9.59 Å². The van der Waals surface area contributed by atoms with Crippen LogP contribution in [-0.2, 0) is 11.3 Å². The molecular formula is C26H28N4O4. The number of aryl methyl sites for hydroxylation is 2. The summed E-state index contributed by atoms with van der Waals surface area (Å²) < 4.78 is 14.0. The van der Waals surface area contributed by atoms with Crippen molar-refractivity contribution in [3.05, 3.63) is 82.0 Å². The number of fused-ring (bicyclic) bond motifs is 1. The van der Waals surface area contributed by atoms with Gasteiger partial charge in [0.1, 0.15) is 17.5 Å². The van der Waals surface area contributed by atoms with Crippen LogP contribution in [-0.4, -0.2) is 34.5 Å². The van der Waals surface area contributed by atoms with Crippen molar-refractivity contribution in [1.29, 1.82) is 0 Å². The fourth-order valence-electron chi connectivity index (χ4n) is 4.38. The van der Waals surface area contributed by atoms with Crippen LogP contribution in [0.1, 0.15) is 29.9 Å². The number of hydrogen-bond acceptors (Lipinski definition) is 5. The van der Waals surface area contributed by atoms with Crippen LogP contribution in [0.4, 0.5) is 0 Å². The van der Waals surface area contributed by atoms with E-state index < -0.39 is 6.04 Å². The van der Waals surface area contributed by atoms with Gasteiger partial charge < -0.3 is 19.4 Å². The number of methoxy groups -OCH3 is 2. The molecule has 0 spiro atoms. The normalized spacial score (nSPS) is 11.9. The third-order valence-electron chi connectivity index (χ3n) is 6.16. The molecule has 0 radical (unpaired) electrons. The molecule has 4 aromatic rings. The zero-order chi connectivity index (χ0) is 24.4. The van der Waals surface area contributed by atoms with Gasteiger partial charge in [0.2, 0.25) is 5.91 Å². The number of ether oxygens (including phenoxy) is 2. The number of para-hydroxylation sites is 1. The molecule has 0 fully saturated rings. The molecule has 0 saturated heterocycles. The Balaban J connectivity index is 1.65. The second kappa shape index (κ2) is 9.43. The molecule has 4 rings (SSSR count). The molecule has 8 heteroatoms. The molecule has 2 heterocycles. The van der Waals surface area contributed by atoms with Crippen LogP contribution >= 0.6 is 0 Å². The Morgan fingerprint density at radius 2 is 1.79 bits per heavy atom. The maximum absolute atomic E-state index is 13.3. The Kier molecular flexibility index (Phi) is 6.40. The predicted octanol–water partition coefficient (Wildman–Crippen LogP) is 3.70. The molecule has 0 bridgehead atoms. The fourth-order valence-corrected chi connectivity index (χ4v) is 4.38. The molecule has 2 aromatic heterocycles. The Morgan fingerprint density at radius 3 is 2.47 bits per heavy atom. The standard InChI is InChI=1S/C26H28N4O4/c1-16-22-15-28-30(20-9-7-6-8-10-20)26(32)24(22)17(2)29(16)18(3)25(31)27-14-19-13-21(33-4)11-12-23(19)34-5/h6-13,15,18H,14H2,1-5H3,(H,27,31). The minimum absolute atomic E-state index is 0.173. The third-order valence-corrected chi connectivity index (χ3v) is 6.16. The lowest BCUT2D eigenvalue weighted by Crippen LogP contribution is -2.31. The molecule has 1 atom stereocenters. The summed E-state index contributed by atoms with van der Waals surface area (Å²) in [6.45, 7) is 5.87. The molecule has 1 unspecified atom stereocenters. The number of aromatic nitrogens is 3. The zero-order valence-corrected chi connectivity index (χ0v) is 20.0. The van der Waals surface area contributed by atoms with Crippen molar-refractivity contribution in [1.82, 2.24) is 19.7 Å². The average molecular weight is 461 g/mol. The molecule has 0 aliphatic rings. The van der Waals surface area contributed by atoms with Crippen molar-refractivity contribution in [3.8, 4) is 17.2 Å². The van der Waals surface area contributed by atoms with Gasteiger partial charge in [-0.15, -0.1) is 0 Å². The molecule has 34 heavy (non-hydrogen) atoms. The predicted molar refractivity (Wildman–Crippen MR) is 131 cm³/mol. The van der Waals surface area contributed by atoms with E-state index in [2.05, 4.69) is 10.4 Å². The van der Waals surface area contributed by atoms with E-state index in [9.17, 15) is 9.59 Å². The van der Waals surface area contributed by atoms with Gasteiger partial charge in [0.15, 0.2) is 0 Å². The van der Waals surface area contributed by atoms with Crippen molar-refractivity contribution in [2.24, 2.45) is 0 Å². The third kappa shape index (κ3) is 4.03. The van der Waals surface area contributed by atoms with Crippen LogP contribution in [0.25, 0.3) is 16.5 Å². The van der Waals surface area contributed by atoms with E-state index in [0.29, 0.717) is 22.6 Å². The number of carbonyl (C=O) groups is 1. The maximum atomic E-state index is 13.3. The van der Waals surface area contributed by atoms with Crippen LogP contribution in [0.5, 0.6) is 11.5 Å². The quantitative estimate of drug-likeness (QED) is 0.454. The first-order valence-electron chi connectivity index (χ1n) is 11.0. The average Bonchev–Trinajstić information content (AvgIpc) is 3.12. The summed E-state index contributed by atoms with van der Waals surface area (Å²) in [4.78, 5) is 26.4. The zero-order valence-electron chi connectivity index (χ0n) is 20.0. The van der Waals surface area contributed by atoms with Crippen LogP contribution in [0, 0.1) is 13.8 Å². The van der Waals surface area contributed by atoms with E-state index in [4.69, 9.17) is 9.47 Å². The van der Waals surface area contributed by atoms with Gasteiger partial charge in [-0.05, 0) is 51.1 Å². The molecule has 1 N–H and O–H groups in total. The Labute approximate surface area is 197 Å². The Morgan fingerprint density at radius 1 is 1.06 bits per heavy atom. The van der Waals surface area contributed by atoms with Gasteiger partial charge in [-0.25, -0.2) is 0 Å². The fraction of sp³-hybridized carbons (Fsp3) is 0.269. The molecule has 0 aliphatic heterocycles. The summed E-state index contributed by atoms with van der Waals surface area (Å²) in [7, 11) is 3.18. The summed E-state index contributed by atoms with van der Waals surface area (Å²) in [6.07, 6.45) is 1.69. The van der Waals surface area contributed by atoms with E-state index >= 15 is 0 Å². The summed E-state index contributed by atoms with van der Waals surface area (Å²) in [5, 5.41) is 8.65. The minimum Gasteiger partial charge on any atom is -0.497 e. The first-order valence-corrected chi connectivity index (χ1v) is 11.0. The molecule has 0 aliphatic carbocycles.